The Labute approximate surface area is 90.4 Å². The van der Waals surface area contributed by atoms with Crippen molar-refractivity contribution in [3.05, 3.63) is 35.9 Å². The summed E-state index contributed by atoms with van der Waals surface area (Å²) >= 11 is 0. The van der Waals surface area contributed by atoms with Crippen LogP contribution in [0.1, 0.15) is 25.5 Å². The third kappa shape index (κ3) is 3.27. The highest BCUT2D eigenvalue weighted by atomic mass is 16.5. The van der Waals surface area contributed by atoms with Gasteiger partial charge in [0.1, 0.15) is 0 Å². The Balaban J connectivity index is 2.79. The SMILES string of the molecule is COC(=O)NC(c1ccccc1)C(C)C. The van der Waals surface area contributed by atoms with E-state index >= 15 is 0 Å². The van der Waals surface area contributed by atoms with E-state index in [1.165, 1.54) is 7.11 Å². The highest BCUT2D eigenvalue weighted by Crippen LogP contribution is 2.21. The summed E-state index contributed by atoms with van der Waals surface area (Å²) in [6, 6.07) is 9.88. The summed E-state index contributed by atoms with van der Waals surface area (Å²) in [5, 5.41) is 2.82. The predicted octanol–water partition coefficient (Wildman–Crippen LogP) is 2.74. The molecular weight excluding hydrogens is 190 g/mol. The number of carbonyl (C=O) groups is 1. The van der Waals surface area contributed by atoms with Gasteiger partial charge >= 0.3 is 6.09 Å². The standard InChI is InChI=1S/C12H17NO2/c1-9(2)11(13-12(14)15-3)10-7-5-4-6-8-10/h4-9,11H,1-3H3,(H,13,14). The molecule has 0 aliphatic carbocycles. The van der Waals surface area contributed by atoms with Crippen LogP contribution in [0, 0.1) is 5.92 Å². The van der Waals surface area contributed by atoms with E-state index in [4.69, 9.17) is 0 Å². The van der Waals surface area contributed by atoms with Crippen molar-refractivity contribution in [1.29, 1.82) is 0 Å². The van der Waals surface area contributed by atoms with E-state index in [1.807, 2.05) is 30.3 Å². The zero-order valence-electron chi connectivity index (χ0n) is 9.36. The number of nitrogens with one attached hydrogen (secondary N) is 1. The Morgan fingerprint density at radius 3 is 2.33 bits per heavy atom. The van der Waals surface area contributed by atoms with Gasteiger partial charge in [0, 0.05) is 0 Å². The summed E-state index contributed by atoms with van der Waals surface area (Å²) in [6.07, 6.45) is -0.391. The molecule has 15 heavy (non-hydrogen) atoms. The van der Waals surface area contributed by atoms with E-state index in [2.05, 4.69) is 23.9 Å². The van der Waals surface area contributed by atoms with Crippen molar-refractivity contribution in [3.8, 4) is 0 Å². The molecule has 3 heteroatoms. The first kappa shape index (κ1) is 11.6. The molecule has 0 saturated heterocycles. The Morgan fingerprint density at radius 1 is 1.27 bits per heavy atom. The fourth-order valence-electron chi connectivity index (χ4n) is 1.48. The topological polar surface area (TPSA) is 38.3 Å². The third-order valence-corrected chi connectivity index (χ3v) is 2.28. The fraction of sp³-hybridized carbons (Fsp3) is 0.417. The van der Waals surface area contributed by atoms with Gasteiger partial charge in [0.2, 0.25) is 0 Å². The van der Waals surface area contributed by atoms with Crippen LogP contribution in [0.5, 0.6) is 0 Å². The average Bonchev–Trinajstić information content (AvgIpc) is 2.26. The van der Waals surface area contributed by atoms with E-state index in [-0.39, 0.29) is 6.04 Å². The Kier molecular flexibility index (Phi) is 4.16. The second-order valence-electron chi connectivity index (χ2n) is 3.77. The van der Waals surface area contributed by atoms with Gasteiger partial charge in [-0.25, -0.2) is 4.79 Å². The molecule has 82 valence electrons. The van der Waals surface area contributed by atoms with Crippen LogP contribution in [0.15, 0.2) is 30.3 Å². The van der Waals surface area contributed by atoms with Gasteiger partial charge in [-0.05, 0) is 11.5 Å². The molecule has 0 aliphatic rings. The van der Waals surface area contributed by atoms with Crippen molar-refractivity contribution < 1.29 is 9.53 Å². The lowest BCUT2D eigenvalue weighted by Crippen LogP contribution is -2.31. The van der Waals surface area contributed by atoms with Crippen LogP contribution >= 0.6 is 0 Å². The quantitative estimate of drug-likeness (QED) is 0.827. The summed E-state index contributed by atoms with van der Waals surface area (Å²) in [7, 11) is 1.37. The maximum absolute atomic E-state index is 11.2. The third-order valence-electron chi connectivity index (χ3n) is 2.28. The molecule has 0 aliphatic heterocycles. The number of amides is 1. The molecule has 0 radical (unpaired) electrons. The monoisotopic (exact) mass is 207 g/mol. The maximum atomic E-state index is 11.2. The minimum Gasteiger partial charge on any atom is -0.453 e. The minimum atomic E-state index is -0.391. The maximum Gasteiger partial charge on any atom is 0.407 e. The van der Waals surface area contributed by atoms with Crippen molar-refractivity contribution in [3.63, 3.8) is 0 Å². The number of carbonyl (C=O) groups excluding carboxylic acids is 1. The largest absolute Gasteiger partial charge is 0.453 e. The summed E-state index contributed by atoms with van der Waals surface area (Å²) in [4.78, 5) is 11.2. The molecule has 0 heterocycles. The van der Waals surface area contributed by atoms with Crippen LogP contribution in [0.25, 0.3) is 0 Å². The van der Waals surface area contributed by atoms with Crippen LogP contribution < -0.4 is 5.32 Å². The number of alkyl carbamates (subject to hydrolysis) is 1. The van der Waals surface area contributed by atoms with E-state index < -0.39 is 6.09 Å². The first-order valence-corrected chi connectivity index (χ1v) is 5.04. The molecule has 0 aromatic heterocycles. The first-order chi connectivity index (χ1) is 7.15. The molecule has 3 nitrogen and oxygen atoms in total. The second-order valence-corrected chi connectivity index (χ2v) is 3.77. The highest BCUT2D eigenvalue weighted by Gasteiger charge is 2.17. The van der Waals surface area contributed by atoms with Crippen LogP contribution in [0.2, 0.25) is 0 Å². The van der Waals surface area contributed by atoms with Gasteiger partial charge in [0.15, 0.2) is 0 Å². The van der Waals surface area contributed by atoms with Crippen LogP contribution in [-0.4, -0.2) is 13.2 Å². The predicted molar refractivity (Wildman–Crippen MR) is 59.6 cm³/mol. The normalized spacial score (nSPS) is 12.3. The van der Waals surface area contributed by atoms with Gasteiger partial charge < -0.3 is 10.1 Å². The zero-order chi connectivity index (χ0) is 11.3. The number of ether oxygens (including phenoxy) is 1. The van der Waals surface area contributed by atoms with Crippen molar-refractivity contribution in [1.82, 2.24) is 5.32 Å². The van der Waals surface area contributed by atoms with Crippen LogP contribution in [0.4, 0.5) is 4.79 Å². The number of methoxy groups -OCH3 is 1. The molecule has 0 fully saturated rings. The fourth-order valence-corrected chi connectivity index (χ4v) is 1.48. The molecule has 0 spiro atoms. The van der Waals surface area contributed by atoms with Crippen LogP contribution in [0.3, 0.4) is 0 Å². The highest BCUT2D eigenvalue weighted by molar-refractivity contribution is 5.67. The Bertz CT molecular complexity index is 309. The smallest absolute Gasteiger partial charge is 0.407 e. The van der Waals surface area contributed by atoms with Gasteiger partial charge in [0.05, 0.1) is 13.2 Å². The molecule has 1 rings (SSSR count). The second kappa shape index (κ2) is 5.39. The lowest BCUT2D eigenvalue weighted by Gasteiger charge is -2.21. The van der Waals surface area contributed by atoms with E-state index in [0.717, 1.165) is 5.56 Å². The first-order valence-electron chi connectivity index (χ1n) is 5.04. The zero-order valence-corrected chi connectivity index (χ0v) is 9.36. The van der Waals surface area contributed by atoms with E-state index in [1.54, 1.807) is 0 Å². The molecular formula is C12H17NO2. The number of rotatable bonds is 3. The molecule has 1 N–H and O–H groups in total. The van der Waals surface area contributed by atoms with Gasteiger partial charge in [-0.3, -0.25) is 0 Å². The van der Waals surface area contributed by atoms with Gasteiger partial charge in [0.25, 0.3) is 0 Å². The lowest BCUT2D eigenvalue weighted by molar-refractivity contribution is 0.163. The molecule has 1 unspecified atom stereocenters. The molecule has 1 amide bonds. The molecule has 0 bridgehead atoms. The van der Waals surface area contributed by atoms with Crippen molar-refractivity contribution in [2.24, 2.45) is 5.92 Å². The summed E-state index contributed by atoms with van der Waals surface area (Å²) < 4.78 is 4.60. The van der Waals surface area contributed by atoms with Crippen molar-refractivity contribution >= 4 is 6.09 Å². The number of hydrogen-bond acceptors (Lipinski definition) is 2. The Morgan fingerprint density at radius 2 is 1.87 bits per heavy atom. The average molecular weight is 207 g/mol. The lowest BCUT2D eigenvalue weighted by atomic mass is 9.96. The molecule has 0 saturated carbocycles. The van der Waals surface area contributed by atoms with Gasteiger partial charge in [-0.15, -0.1) is 0 Å². The molecule has 1 atom stereocenters. The summed E-state index contributed by atoms with van der Waals surface area (Å²) in [5.41, 5.74) is 1.10. The van der Waals surface area contributed by atoms with Gasteiger partial charge in [-0.1, -0.05) is 44.2 Å². The van der Waals surface area contributed by atoms with Crippen molar-refractivity contribution in [2.45, 2.75) is 19.9 Å². The molecule has 1 aromatic carbocycles. The van der Waals surface area contributed by atoms with Gasteiger partial charge in [-0.2, -0.15) is 0 Å². The number of hydrogen-bond donors (Lipinski definition) is 1. The van der Waals surface area contributed by atoms with Crippen LogP contribution in [-0.2, 0) is 4.74 Å². The molecule has 1 aromatic rings. The summed E-state index contributed by atoms with van der Waals surface area (Å²) in [6.45, 7) is 4.13. The van der Waals surface area contributed by atoms with E-state index in [0.29, 0.717) is 5.92 Å². The van der Waals surface area contributed by atoms with E-state index in [9.17, 15) is 4.79 Å². The Hall–Kier alpha value is -1.51. The number of benzene rings is 1. The summed E-state index contributed by atoms with van der Waals surface area (Å²) in [5.74, 6) is 0.325. The minimum absolute atomic E-state index is 0.00125. The van der Waals surface area contributed by atoms with Crippen molar-refractivity contribution in [2.75, 3.05) is 7.11 Å².